The number of furan rings is 1. The lowest BCUT2D eigenvalue weighted by Crippen LogP contribution is -2.42. The number of fused-ring (bicyclic) bond motifs is 1. The number of hydrogen-bond acceptors (Lipinski definition) is 5. The van der Waals surface area contributed by atoms with Gasteiger partial charge < -0.3 is 24.7 Å². The van der Waals surface area contributed by atoms with Gasteiger partial charge in [0.2, 0.25) is 0 Å². The third-order valence-corrected chi connectivity index (χ3v) is 5.16. The summed E-state index contributed by atoms with van der Waals surface area (Å²) >= 11 is 0. The van der Waals surface area contributed by atoms with E-state index in [0.29, 0.717) is 13.2 Å². The molecule has 0 radical (unpaired) electrons. The molecule has 1 aromatic carbocycles. The summed E-state index contributed by atoms with van der Waals surface area (Å²) in [6.07, 6.45) is 3.36. The van der Waals surface area contributed by atoms with Crippen molar-refractivity contribution in [3.8, 4) is 5.75 Å². The molecule has 0 amide bonds. The molecule has 0 saturated carbocycles. The van der Waals surface area contributed by atoms with Crippen LogP contribution in [0.2, 0.25) is 0 Å². The second-order valence-corrected chi connectivity index (χ2v) is 7.67. The minimum absolute atomic E-state index is 0. The van der Waals surface area contributed by atoms with Crippen molar-refractivity contribution in [2.24, 2.45) is 4.99 Å². The molecule has 0 spiro atoms. The molecule has 1 atom stereocenters. The minimum Gasteiger partial charge on any atom is -0.493 e. The zero-order valence-electron chi connectivity index (χ0n) is 18.5. The van der Waals surface area contributed by atoms with Crippen molar-refractivity contribution in [1.29, 1.82) is 0 Å². The molecular weight excluding hydrogens is 517 g/mol. The summed E-state index contributed by atoms with van der Waals surface area (Å²) in [6.45, 7) is 1.89. The maximum atomic E-state index is 5.80. The molecule has 1 unspecified atom stereocenters. The smallest absolute Gasteiger partial charge is 0.192 e. The highest BCUT2D eigenvalue weighted by Crippen LogP contribution is 2.31. The number of rotatable bonds is 7. The molecule has 7 nitrogen and oxygen atoms in total. The molecule has 2 N–H and O–H groups in total. The predicted octanol–water partition coefficient (Wildman–Crippen LogP) is 4.16. The highest BCUT2D eigenvalue weighted by Gasteiger charge is 2.22. The Bertz CT molecular complexity index is 1010. The van der Waals surface area contributed by atoms with Crippen LogP contribution in [0.5, 0.6) is 5.75 Å². The van der Waals surface area contributed by atoms with Crippen LogP contribution in [0.3, 0.4) is 0 Å². The van der Waals surface area contributed by atoms with Crippen molar-refractivity contribution in [1.82, 2.24) is 15.6 Å². The second kappa shape index (κ2) is 11.8. The molecule has 170 valence electrons. The molecule has 1 aliphatic heterocycles. The van der Waals surface area contributed by atoms with E-state index in [4.69, 9.17) is 14.1 Å². The van der Waals surface area contributed by atoms with Crippen LogP contribution in [0, 0.1) is 0 Å². The third kappa shape index (κ3) is 6.38. The predicted molar refractivity (Wildman–Crippen MR) is 138 cm³/mol. The van der Waals surface area contributed by atoms with E-state index < -0.39 is 0 Å². The van der Waals surface area contributed by atoms with Crippen molar-refractivity contribution < 1.29 is 9.15 Å². The minimum atomic E-state index is 0. The average Bonchev–Trinajstić information content (AvgIpc) is 3.31. The number of hydrogen-bond donors (Lipinski definition) is 2. The fourth-order valence-corrected chi connectivity index (χ4v) is 3.53. The van der Waals surface area contributed by atoms with Gasteiger partial charge in [-0.3, -0.25) is 0 Å². The van der Waals surface area contributed by atoms with Crippen LogP contribution in [0.1, 0.15) is 29.5 Å². The molecule has 0 fully saturated rings. The molecule has 32 heavy (non-hydrogen) atoms. The Morgan fingerprint density at radius 3 is 2.81 bits per heavy atom. The number of guanidine groups is 1. The molecule has 1 aliphatic rings. The molecule has 4 rings (SSSR count). The van der Waals surface area contributed by atoms with E-state index in [1.165, 1.54) is 0 Å². The van der Waals surface area contributed by atoms with Crippen molar-refractivity contribution in [2.75, 3.05) is 32.1 Å². The van der Waals surface area contributed by atoms with Crippen molar-refractivity contribution >= 4 is 35.8 Å². The SMILES string of the molecule is CN(C)c1cccc(CN=C(NCCc2ccco2)NC2CCOc3ccccc32)n1.I. The molecule has 0 aliphatic carbocycles. The summed E-state index contributed by atoms with van der Waals surface area (Å²) in [5, 5.41) is 7.03. The van der Waals surface area contributed by atoms with Crippen LogP contribution < -0.4 is 20.3 Å². The first-order valence-electron chi connectivity index (χ1n) is 10.6. The lowest BCUT2D eigenvalue weighted by molar-refractivity contribution is 0.261. The van der Waals surface area contributed by atoms with Gasteiger partial charge in [0.25, 0.3) is 0 Å². The number of aliphatic imine (C=N–C) groups is 1. The quantitative estimate of drug-likeness (QED) is 0.263. The number of pyridine rings is 1. The summed E-state index contributed by atoms with van der Waals surface area (Å²) < 4.78 is 11.2. The van der Waals surface area contributed by atoms with E-state index in [-0.39, 0.29) is 30.0 Å². The Morgan fingerprint density at radius 1 is 1.12 bits per heavy atom. The first-order chi connectivity index (χ1) is 15.2. The number of para-hydroxylation sites is 1. The highest BCUT2D eigenvalue weighted by atomic mass is 127. The van der Waals surface area contributed by atoms with Gasteiger partial charge in [-0.05, 0) is 30.3 Å². The molecule has 8 heteroatoms. The van der Waals surface area contributed by atoms with Crippen LogP contribution in [0.15, 0.2) is 70.3 Å². The topological polar surface area (TPSA) is 74.9 Å². The number of anilines is 1. The Hall–Kier alpha value is -2.75. The number of benzene rings is 1. The molecular formula is C24H30IN5O2. The van der Waals surface area contributed by atoms with Crippen LogP contribution in [-0.2, 0) is 13.0 Å². The highest BCUT2D eigenvalue weighted by molar-refractivity contribution is 14.0. The van der Waals surface area contributed by atoms with E-state index >= 15 is 0 Å². The van der Waals surface area contributed by atoms with Crippen LogP contribution >= 0.6 is 24.0 Å². The van der Waals surface area contributed by atoms with Gasteiger partial charge in [-0.1, -0.05) is 24.3 Å². The van der Waals surface area contributed by atoms with E-state index in [1.807, 2.05) is 67.5 Å². The second-order valence-electron chi connectivity index (χ2n) is 7.67. The Labute approximate surface area is 206 Å². The molecule has 0 bridgehead atoms. The van der Waals surface area contributed by atoms with Gasteiger partial charge in [-0.2, -0.15) is 0 Å². The van der Waals surface area contributed by atoms with Gasteiger partial charge in [0.15, 0.2) is 5.96 Å². The molecule has 3 aromatic rings. The Kier molecular flexibility index (Phi) is 8.78. The van der Waals surface area contributed by atoms with Gasteiger partial charge in [0.05, 0.1) is 31.2 Å². The number of nitrogens with zero attached hydrogens (tertiary/aromatic N) is 3. The van der Waals surface area contributed by atoms with Gasteiger partial charge >= 0.3 is 0 Å². The number of aromatic nitrogens is 1. The van der Waals surface area contributed by atoms with Gasteiger partial charge in [-0.15, -0.1) is 24.0 Å². The van der Waals surface area contributed by atoms with Crippen LogP contribution in [0.25, 0.3) is 0 Å². The van der Waals surface area contributed by atoms with Crippen LogP contribution in [-0.4, -0.2) is 38.2 Å². The largest absolute Gasteiger partial charge is 0.493 e. The van der Waals surface area contributed by atoms with E-state index in [1.54, 1.807) is 6.26 Å². The van der Waals surface area contributed by atoms with Crippen molar-refractivity contribution in [2.45, 2.75) is 25.4 Å². The fourth-order valence-electron chi connectivity index (χ4n) is 3.53. The maximum absolute atomic E-state index is 5.80. The molecule has 2 aromatic heterocycles. The first kappa shape index (κ1) is 23.9. The van der Waals surface area contributed by atoms with Crippen molar-refractivity contribution in [3.63, 3.8) is 0 Å². The average molecular weight is 547 g/mol. The molecule has 3 heterocycles. The Morgan fingerprint density at radius 2 is 2.00 bits per heavy atom. The zero-order valence-corrected chi connectivity index (χ0v) is 20.8. The van der Waals surface area contributed by atoms with E-state index in [2.05, 4.69) is 21.7 Å². The maximum Gasteiger partial charge on any atom is 0.192 e. The monoisotopic (exact) mass is 547 g/mol. The fraction of sp³-hybridized carbons (Fsp3) is 0.333. The van der Waals surface area contributed by atoms with Gasteiger partial charge in [-0.25, -0.2) is 9.98 Å². The third-order valence-electron chi connectivity index (χ3n) is 5.16. The van der Waals surface area contributed by atoms with Gasteiger partial charge in [0.1, 0.15) is 17.3 Å². The van der Waals surface area contributed by atoms with E-state index in [9.17, 15) is 0 Å². The van der Waals surface area contributed by atoms with Gasteiger partial charge in [0, 0.05) is 39.0 Å². The normalized spacial score (nSPS) is 15.2. The van der Waals surface area contributed by atoms with Crippen molar-refractivity contribution in [3.05, 3.63) is 77.9 Å². The number of nitrogens with one attached hydrogen (secondary N) is 2. The summed E-state index contributed by atoms with van der Waals surface area (Å²) in [4.78, 5) is 11.5. The lowest BCUT2D eigenvalue weighted by Gasteiger charge is -2.28. The molecule has 0 saturated heterocycles. The summed E-state index contributed by atoms with van der Waals surface area (Å²) in [6, 6.07) is 18.2. The standard InChI is InChI=1S/C24H29N5O2.HI/c1-29(2)23-11-5-7-18(27-23)17-26-24(25-14-12-19-8-6-15-30-19)28-21-13-16-31-22-10-4-3-9-20(21)22;/h3-11,15,21H,12-14,16-17H2,1-2H3,(H2,25,26,28);1H. The van der Waals surface area contributed by atoms with E-state index in [0.717, 1.165) is 53.9 Å². The summed E-state index contributed by atoms with van der Waals surface area (Å²) in [5.74, 6) is 3.56. The summed E-state index contributed by atoms with van der Waals surface area (Å²) in [7, 11) is 3.97. The zero-order chi connectivity index (χ0) is 21.5. The number of halogens is 1. The summed E-state index contributed by atoms with van der Waals surface area (Å²) in [5.41, 5.74) is 2.08. The Balaban J connectivity index is 0.00000289. The number of ether oxygens (including phenoxy) is 1. The first-order valence-corrected chi connectivity index (χ1v) is 10.6. The lowest BCUT2D eigenvalue weighted by atomic mass is 10.0. The van der Waals surface area contributed by atoms with Crippen LogP contribution in [0.4, 0.5) is 5.82 Å².